The summed E-state index contributed by atoms with van der Waals surface area (Å²) in [6.45, 7) is 9.43. The number of nitrogens with one attached hydrogen (secondary N) is 2. The van der Waals surface area contributed by atoms with Gasteiger partial charge in [0.15, 0.2) is 0 Å². The number of hydrogen-bond acceptors (Lipinski definition) is 10. The number of amides is 3. The first-order valence-electron chi connectivity index (χ1n) is 16.0. The van der Waals surface area contributed by atoms with Crippen molar-refractivity contribution in [3.8, 4) is 22.9 Å². The topological polar surface area (TPSA) is 182 Å². The van der Waals surface area contributed by atoms with Gasteiger partial charge >= 0.3 is 6.09 Å². The van der Waals surface area contributed by atoms with Gasteiger partial charge in [0.05, 0.1) is 17.8 Å². The van der Waals surface area contributed by atoms with Crippen molar-refractivity contribution in [3.05, 3.63) is 29.5 Å². The normalized spacial score (nSPS) is 24.2. The van der Waals surface area contributed by atoms with E-state index in [1.54, 1.807) is 12.1 Å². The Morgan fingerprint density at radius 1 is 1.09 bits per heavy atom. The van der Waals surface area contributed by atoms with Crippen molar-refractivity contribution < 1.29 is 33.4 Å². The molecule has 2 aromatic heterocycles. The molecular formula is C33H41ClN6O7. The van der Waals surface area contributed by atoms with Crippen molar-refractivity contribution in [2.24, 2.45) is 23.0 Å². The molecule has 3 heterocycles. The molecule has 47 heavy (non-hydrogen) atoms. The summed E-state index contributed by atoms with van der Waals surface area (Å²) in [5.74, 6) is 0.310. The summed E-state index contributed by atoms with van der Waals surface area (Å²) < 4.78 is 17.7. The average Bonchev–Trinajstić information content (AvgIpc) is 3.34. The molecule has 13 nitrogen and oxygen atoms in total. The number of carbonyl (C=O) groups is 3. The van der Waals surface area contributed by atoms with Crippen molar-refractivity contribution in [1.29, 1.82) is 0 Å². The van der Waals surface area contributed by atoms with Crippen LogP contribution in [0.1, 0.15) is 60.3 Å². The number of oxazole rings is 1. The van der Waals surface area contributed by atoms with E-state index in [1.807, 2.05) is 34.6 Å². The van der Waals surface area contributed by atoms with Crippen LogP contribution >= 0.6 is 11.6 Å². The van der Waals surface area contributed by atoms with Gasteiger partial charge in [-0.05, 0) is 62.5 Å². The van der Waals surface area contributed by atoms with Crippen LogP contribution in [0.3, 0.4) is 0 Å². The molecule has 6 rings (SSSR count). The zero-order valence-corrected chi connectivity index (χ0v) is 27.8. The van der Waals surface area contributed by atoms with Crippen LogP contribution in [-0.2, 0) is 14.3 Å². The molecule has 14 heteroatoms. The number of anilines is 1. The highest BCUT2D eigenvalue weighted by Gasteiger charge is 2.48. The Hall–Kier alpha value is -4.26. The fourth-order valence-electron chi connectivity index (χ4n) is 6.60. The summed E-state index contributed by atoms with van der Waals surface area (Å²) in [6, 6.07) is 3.16. The zero-order chi connectivity index (χ0) is 33.8. The van der Waals surface area contributed by atoms with Crippen LogP contribution in [0.25, 0.3) is 22.3 Å². The second-order valence-corrected chi connectivity index (χ2v) is 14.6. The Kier molecular flexibility index (Phi) is 8.62. The number of likely N-dealkylation sites (tertiary alicyclic amines) is 1. The highest BCUT2D eigenvalue weighted by molar-refractivity contribution is 6.36. The van der Waals surface area contributed by atoms with Gasteiger partial charge in [0.25, 0.3) is 6.01 Å². The molecule has 2 aliphatic carbocycles. The molecule has 5 N–H and O–H groups in total. The summed E-state index contributed by atoms with van der Waals surface area (Å²) in [5, 5.41) is 16.7. The van der Waals surface area contributed by atoms with Crippen LogP contribution < -0.4 is 21.1 Å². The molecule has 1 unspecified atom stereocenters. The fraction of sp³-hybridized carbons (Fsp3) is 0.545. The number of pyridine rings is 1. The predicted molar refractivity (Wildman–Crippen MR) is 174 cm³/mol. The second kappa shape index (κ2) is 12.4. The monoisotopic (exact) mass is 668 g/mol. The van der Waals surface area contributed by atoms with Gasteiger partial charge in [-0.2, -0.15) is 4.98 Å². The van der Waals surface area contributed by atoms with Gasteiger partial charge in [0.2, 0.25) is 11.8 Å². The van der Waals surface area contributed by atoms with Crippen molar-refractivity contribution in [1.82, 2.24) is 20.2 Å². The predicted octanol–water partition coefficient (Wildman–Crippen LogP) is 4.84. The number of phenols is 1. The smallest absolute Gasteiger partial charge is 0.408 e. The summed E-state index contributed by atoms with van der Waals surface area (Å²) in [6.07, 6.45) is 3.00. The first-order chi connectivity index (χ1) is 22.2. The molecule has 3 aromatic rings. The Morgan fingerprint density at radius 2 is 1.81 bits per heavy atom. The molecule has 3 aliphatic rings. The molecule has 3 amide bonds. The molecule has 1 aliphatic heterocycles. The number of hydrogen-bond donors (Lipinski definition) is 4. The van der Waals surface area contributed by atoms with Gasteiger partial charge in [-0.3, -0.25) is 9.59 Å². The van der Waals surface area contributed by atoms with Gasteiger partial charge in [0.1, 0.15) is 52.8 Å². The Balaban J connectivity index is 1.25. The lowest BCUT2D eigenvalue weighted by Crippen LogP contribution is -2.57. The van der Waals surface area contributed by atoms with E-state index >= 15 is 0 Å². The summed E-state index contributed by atoms with van der Waals surface area (Å²) in [5.41, 5.74) is 6.14. The number of nitrogens with two attached hydrogens (primary N) is 1. The largest absolute Gasteiger partial charge is 0.506 e. The van der Waals surface area contributed by atoms with Crippen LogP contribution in [0.5, 0.6) is 11.5 Å². The number of benzene rings is 1. The number of carbonyl (C=O) groups excluding carboxylic acids is 3. The van der Waals surface area contributed by atoms with Crippen LogP contribution in [0.15, 0.2) is 28.9 Å². The van der Waals surface area contributed by atoms with E-state index in [9.17, 15) is 19.5 Å². The van der Waals surface area contributed by atoms with E-state index in [0.717, 1.165) is 12.8 Å². The minimum absolute atomic E-state index is 0.0251. The van der Waals surface area contributed by atoms with E-state index < -0.39 is 41.5 Å². The number of aromatic nitrogens is 2. The molecule has 3 fully saturated rings. The Bertz CT molecular complexity index is 1690. The van der Waals surface area contributed by atoms with Crippen LogP contribution in [-0.4, -0.2) is 74.8 Å². The van der Waals surface area contributed by atoms with E-state index in [1.165, 1.54) is 23.7 Å². The summed E-state index contributed by atoms with van der Waals surface area (Å²) in [7, 11) is 0. The minimum atomic E-state index is -0.984. The maximum atomic E-state index is 14.1. The maximum absolute atomic E-state index is 14.1. The van der Waals surface area contributed by atoms with Crippen molar-refractivity contribution in [2.75, 3.05) is 11.9 Å². The first kappa shape index (κ1) is 32.7. The SMILES string of the molecule is CC(C)Nc1nc(-c2cc(O[C@@H]3C[C@@H](C(N)=O)N(C(=O)[C@@H](NC(=O)OC4C[C@@H]5C[C@@H]5C4)C(C)(C)C)C3)c3ccc(O)c(Cl)c3n2)co1. The van der Waals surface area contributed by atoms with Crippen molar-refractivity contribution in [2.45, 2.75) is 90.6 Å². The standard InChI is InChI=1S/C33H41ClN6O7/c1-15(2)36-31-38-22(14-45-31)21-12-25(20-6-7-24(41)26(34)27(20)37-21)46-19-11-23(29(35)42)40(13-19)30(43)28(33(3,4)5)39-32(44)47-18-9-16-8-17(16)10-18/h6-7,12,14-19,23,28,41H,8-11,13H2,1-5H3,(H2,35,42)(H,36,38)(H,39,44)/t16-,17+,18?,19-,23+,28-/m1/s1. The lowest BCUT2D eigenvalue weighted by molar-refractivity contribution is -0.141. The Morgan fingerprint density at radius 3 is 2.47 bits per heavy atom. The number of ether oxygens (including phenoxy) is 2. The third kappa shape index (κ3) is 6.90. The van der Waals surface area contributed by atoms with E-state index in [-0.39, 0.29) is 41.4 Å². The van der Waals surface area contributed by atoms with Gasteiger partial charge in [-0.25, -0.2) is 9.78 Å². The first-order valence-corrected chi connectivity index (χ1v) is 16.3. The molecule has 0 bridgehead atoms. The number of alkyl carbamates (subject to hydrolysis) is 1. The van der Waals surface area contributed by atoms with Crippen LogP contribution in [0.2, 0.25) is 5.02 Å². The maximum Gasteiger partial charge on any atom is 0.408 e. The minimum Gasteiger partial charge on any atom is -0.506 e. The molecular weight excluding hydrogens is 628 g/mol. The zero-order valence-electron chi connectivity index (χ0n) is 27.1. The van der Waals surface area contributed by atoms with Crippen LogP contribution in [0, 0.1) is 17.3 Å². The number of aromatic hydroxyl groups is 1. The Labute approximate surface area is 277 Å². The summed E-state index contributed by atoms with van der Waals surface area (Å²) in [4.78, 5) is 50.1. The number of rotatable bonds is 9. The average molecular weight is 669 g/mol. The number of nitrogens with zero attached hydrogens (tertiary/aromatic N) is 3. The summed E-state index contributed by atoms with van der Waals surface area (Å²) >= 11 is 6.48. The quantitative estimate of drug-likeness (QED) is 0.246. The van der Waals surface area contributed by atoms with E-state index in [0.29, 0.717) is 40.4 Å². The molecule has 6 atom stereocenters. The number of fused-ring (bicyclic) bond motifs is 2. The molecule has 1 saturated heterocycles. The van der Waals surface area contributed by atoms with Crippen molar-refractivity contribution >= 4 is 46.4 Å². The molecule has 1 aromatic carbocycles. The fourth-order valence-corrected chi connectivity index (χ4v) is 6.81. The number of phenolic OH excluding ortho intramolecular Hbond substituents is 1. The third-order valence-corrected chi connectivity index (χ3v) is 9.43. The van der Waals surface area contributed by atoms with Gasteiger partial charge in [-0.1, -0.05) is 32.4 Å². The molecule has 2 saturated carbocycles. The van der Waals surface area contributed by atoms with Gasteiger partial charge < -0.3 is 40.3 Å². The third-order valence-electron chi connectivity index (χ3n) is 9.06. The van der Waals surface area contributed by atoms with Crippen LogP contribution in [0.4, 0.5) is 10.8 Å². The van der Waals surface area contributed by atoms with Crippen molar-refractivity contribution in [3.63, 3.8) is 0 Å². The van der Waals surface area contributed by atoms with Gasteiger partial charge in [-0.15, -0.1) is 0 Å². The number of primary amides is 1. The lowest BCUT2D eigenvalue weighted by Gasteiger charge is -2.35. The molecule has 0 spiro atoms. The highest BCUT2D eigenvalue weighted by atomic mass is 35.5. The number of halogens is 1. The lowest BCUT2D eigenvalue weighted by atomic mass is 9.85. The molecule has 0 radical (unpaired) electrons. The van der Waals surface area contributed by atoms with E-state index in [4.69, 9.17) is 31.2 Å². The van der Waals surface area contributed by atoms with E-state index in [2.05, 4.69) is 20.6 Å². The van der Waals surface area contributed by atoms with Gasteiger partial charge in [0, 0.05) is 23.9 Å². The molecule has 252 valence electrons. The second-order valence-electron chi connectivity index (χ2n) is 14.2. The highest BCUT2D eigenvalue weighted by Crippen LogP contribution is 2.52.